The number of hydrogen-bond acceptors (Lipinski definition) is 4. The van der Waals surface area contributed by atoms with Crippen LogP contribution in [0.3, 0.4) is 0 Å². The van der Waals surface area contributed by atoms with E-state index in [1.54, 1.807) is 11.3 Å². The van der Waals surface area contributed by atoms with Gasteiger partial charge in [0, 0.05) is 5.92 Å². The van der Waals surface area contributed by atoms with Crippen LogP contribution in [0.2, 0.25) is 0 Å². The quantitative estimate of drug-likeness (QED) is 0.752. The molecule has 1 fully saturated rings. The van der Waals surface area contributed by atoms with Crippen molar-refractivity contribution in [3.05, 3.63) is 5.01 Å². The van der Waals surface area contributed by atoms with Crippen LogP contribution in [0, 0.1) is 5.92 Å². The molecule has 2 N–H and O–H groups in total. The molecule has 0 spiro atoms. The zero-order chi connectivity index (χ0) is 9.26. The molecule has 0 unspecified atom stereocenters. The van der Waals surface area contributed by atoms with E-state index >= 15 is 0 Å². The number of aromatic nitrogens is 2. The molecule has 13 heavy (non-hydrogen) atoms. The Morgan fingerprint density at radius 2 is 2.23 bits per heavy atom. The molecule has 1 saturated carbocycles. The molecule has 1 heterocycles. The summed E-state index contributed by atoms with van der Waals surface area (Å²) in [4.78, 5) is 0. The number of nitrogen functional groups attached to an aromatic ring is 1. The van der Waals surface area contributed by atoms with Crippen molar-refractivity contribution in [3.8, 4) is 0 Å². The van der Waals surface area contributed by atoms with Crippen LogP contribution in [0.25, 0.3) is 0 Å². The predicted octanol–water partition coefficient (Wildman–Crippen LogP) is 2.41. The Morgan fingerprint density at radius 1 is 1.38 bits per heavy atom. The lowest BCUT2D eigenvalue weighted by Crippen LogP contribution is -2.11. The van der Waals surface area contributed by atoms with E-state index in [4.69, 9.17) is 5.73 Å². The zero-order valence-electron chi connectivity index (χ0n) is 7.86. The Hall–Kier alpha value is -0.640. The van der Waals surface area contributed by atoms with Gasteiger partial charge in [-0.05, 0) is 18.8 Å². The maximum absolute atomic E-state index is 5.56. The second kappa shape index (κ2) is 3.62. The summed E-state index contributed by atoms with van der Waals surface area (Å²) in [6.07, 6.45) is 5.21. The standard InChI is InChI=1S/C9H15N3S/c1-6-3-2-4-7(5-6)8-11-12-9(10)13-8/h6-7H,2-5H2,1H3,(H2,10,12)/t6-,7-/m0/s1. The van der Waals surface area contributed by atoms with Crippen LogP contribution in [0.5, 0.6) is 0 Å². The highest BCUT2D eigenvalue weighted by molar-refractivity contribution is 7.15. The third kappa shape index (κ3) is 1.99. The van der Waals surface area contributed by atoms with E-state index < -0.39 is 0 Å². The first kappa shape index (κ1) is 8.94. The Balaban J connectivity index is 2.08. The molecule has 2 rings (SSSR count). The second-order valence-corrected chi connectivity index (χ2v) is 4.99. The van der Waals surface area contributed by atoms with Gasteiger partial charge in [0.15, 0.2) is 0 Å². The minimum absolute atomic E-state index is 0.605. The van der Waals surface area contributed by atoms with E-state index in [2.05, 4.69) is 17.1 Å². The summed E-state index contributed by atoms with van der Waals surface area (Å²) in [6, 6.07) is 0. The van der Waals surface area contributed by atoms with E-state index in [1.807, 2.05) is 0 Å². The first-order valence-corrected chi connectivity index (χ1v) is 5.66. The summed E-state index contributed by atoms with van der Waals surface area (Å²) in [7, 11) is 0. The van der Waals surface area contributed by atoms with Gasteiger partial charge in [0.2, 0.25) is 5.13 Å². The summed E-state index contributed by atoms with van der Waals surface area (Å²) >= 11 is 1.55. The van der Waals surface area contributed by atoms with Crippen molar-refractivity contribution in [2.45, 2.75) is 38.5 Å². The molecular weight excluding hydrogens is 182 g/mol. The van der Waals surface area contributed by atoms with Crippen molar-refractivity contribution in [3.63, 3.8) is 0 Å². The van der Waals surface area contributed by atoms with Gasteiger partial charge in [-0.1, -0.05) is 31.1 Å². The van der Waals surface area contributed by atoms with Gasteiger partial charge >= 0.3 is 0 Å². The summed E-state index contributed by atoms with van der Waals surface area (Å²) in [5, 5.41) is 9.73. The van der Waals surface area contributed by atoms with Crippen molar-refractivity contribution < 1.29 is 0 Å². The van der Waals surface area contributed by atoms with Gasteiger partial charge in [0.25, 0.3) is 0 Å². The van der Waals surface area contributed by atoms with Crippen LogP contribution in [0.1, 0.15) is 43.5 Å². The number of hydrogen-bond donors (Lipinski definition) is 1. The average molecular weight is 197 g/mol. The topological polar surface area (TPSA) is 51.8 Å². The monoisotopic (exact) mass is 197 g/mol. The van der Waals surface area contributed by atoms with E-state index in [0.29, 0.717) is 11.0 Å². The first-order chi connectivity index (χ1) is 6.25. The minimum Gasteiger partial charge on any atom is -0.374 e. The van der Waals surface area contributed by atoms with Gasteiger partial charge in [0.1, 0.15) is 5.01 Å². The Labute approximate surface area is 82.4 Å². The van der Waals surface area contributed by atoms with Crippen LogP contribution in [0.4, 0.5) is 5.13 Å². The lowest BCUT2D eigenvalue weighted by Gasteiger charge is -2.24. The van der Waals surface area contributed by atoms with E-state index in [-0.39, 0.29) is 0 Å². The summed E-state index contributed by atoms with van der Waals surface area (Å²) in [5.41, 5.74) is 5.56. The molecule has 0 saturated heterocycles. The molecule has 1 aliphatic carbocycles. The molecule has 1 aliphatic rings. The normalized spacial score (nSPS) is 29.0. The fourth-order valence-electron chi connectivity index (χ4n) is 2.07. The summed E-state index contributed by atoms with van der Waals surface area (Å²) < 4.78 is 0. The predicted molar refractivity (Wildman–Crippen MR) is 54.7 cm³/mol. The van der Waals surface area contributed by atoms with E-state index in [9.17, 15) is 0 Å². The Morgan fingerprint density at radius 3 is 2.85 bits per heavy atom. The summed E-state index contributed by atoms with van der Waals surface area (Å²) in [5.74, 6) is 1.46. The lowest BCUT2D eigenvalue weighted by atomic mass is 9.83. The molecular formula is C9H15N3S. The fraction of sp³-hybridized carbons (Fsp3) is 0.778. The lowest BCUT2D eigenvalue weighted by molar-refractivity contribution is 0.342. The molecule has 4 heteroatoms. The van der Waals surface area contributed by atoms with Crippen LogP contribution in [-0.2, 0) is 0 Å². The SMILES string of the molecule is C[C@H]1CCC[C@H](c2nnc(N)s2)C1. The molecule has 0 amide bonds. The third-order valence-electron chi connectivity index (χ3n) is 2.74. The highest BCUT2D eigenvalue weighted by Crippen LogP contribution is 2.37. The smallest absolute Gasteiger partial charge is 0.203 e. The largest absolute Gasteiger partial charge is 0.374 e. The highest BCUT2D eigenvalue weighted by atomic mass is 32.1. The minimum atomic E-state index is 0.605. The van der Waals surface area contributed by atoms with Crippen molar-refractivity contribution in [1.29, 1.82) is 0 Å². The van der Waals surface area contributed by atoms with Gasteiger partial charge in [-0.25, -0.2) is 0 Å². The molecule has 2 atom stereocenters. The molecule has 0 radical (unpaired) electrons. The van der Waals surface area contributed by atoms with Crippen LogP contribution in [0.15, 0.2) is 0 Å². The molecule has 0 aliphatic heterocycles. The molecule has 1 aromatic heterocycles. The Bertz CT molecular complexity index is 284. The van der Waals surface area contributed by atoms with E-state index in [1.165, 1.54) is 25.7 Å². The maximum atomic E-state index is 5.56. The third-order valence-corrected chi connectivity index (χ3v) is 3.66. The molecule has 3 nitrogen and oxygen atoms in total. The zero-order valence-corrected chi connectivity index (χ0v) is 8.68. The van der Waals surface area contributed by atoms with Crippen molar-refractivity contribution in [2.24, 2.45) is 5.92 Å². The van der Waals surface area contributed by atoms with E-state index in [0.717, 1.165) is 10.9 Å². The molecule has 0 aromatic carbocycles. The number of nitrogens with two attached hydrogens (primary N) is 1. The summed E-state index contributed by atoms with van der Waals surface area (Å²) in [6.45, 7) is 2.32. The van der Waals surface area contributed by atoms with Gasteiger partial charge in [-0.15, -0.1) is 10.2 Å². The van der Waals surface area contributed by atoms with Crippen molar-refractivity contribution in [1.82, 2.24) is 10.2 Å². The molecule has 0 bridgehead atoms. The maximum Gasteiger partial charge on any atom is 0.203 e. The number of nitrogens with zero attached hydrogens (tertiary/aromatic N) is 2. The van der Waals surface area contributed by atoms with Gasteiger partial charge in [-0.3, -0.25) is 0 Å². The van der Waals surface area contributed by atoms with Crippen molar-refractivity contribution >= 4 is 16.5 Å². The number of rotatable bonds is 1. The van der Waals surface area contributed by atoms with Crippen LogP contribution >= 0.6 is 11.3 Å². The van der Waals surface area contributed by atoms with Gasteiger partial charge in [0.05, 0.1) is 0 Å². The fourth-order valence-corrected chi connectivity index (χ4v) is 2.83. The molecule has 1 aromatic rings. The van der Waals surface area contributed by atoms with Crippen LogP contribution in [-0.4, -0.2) is 10.2 Å². The first-order valence-electron chi connectivity index (χ1n) is 4.84. The molecule has 72 valence electrons. The highest BCUT2D eigenvalue weighted by Gasteiger charge is 2.23. The van der Waals surface area contributed by atoms with Gasteiger partial charge < -0.3 is 5.73 Å². The van der Waals surface area contributed by atoms with Gasteiger partial charge in [-0.2, -0.15) is 0 Å². The van der Waals surface area contributed by atoms with Crippen molar-refractivity contribution in [2.75, 3.05) is 5.73 Å². The second-order valence-electron chi connectivity index (χ2n) is 3.95. The average Bonchev–Trinajstić information content (AvgIpc) is 2.52. The number of anilines is 1. The Kier molecular flexibility index (Phi) is 2.49. The van der Waals surface area contributed by atoms with Crippen LogP contribution < -0.4 is 5.73 Å².